The van der Waals surface area contributed by atoms with E-state index < -0.39 is 11.3 Å². The Morgan fingerprint density at radius 2 is 1.94 bits per heavy atom. The number of hydrogen-bond donors (Lipinski definition) is 5. The van der Waals surface area contributed by atoms with Crippen molar-refractivity contribution in [3.8, 4) is 5.75 Å². The maximum atomic E-state index is 11.0. The lowest BCUT2D eigenvalue weighted by molar-refractivity contribution is 0.415. The molecular weight excluding hydrogens is 502 g/mol. The first-order valence-electron chi connectivity index (χ1n) is 11.6. The van der Waals surface area contributed by atoms with Crippen LogP contribution in [0.1, 0.15) is 18.4 Å². The third-order valence-corrected chi connectivity index (χ3v) is 6.77. The highest BCUT2D eigenvalue weighted by Gasteiger charge is 2.19. The number of halogens is 1. The van der Waals surface area contributed by atoms with E-state index in [9.17, 15) is 4.21 Å². The maximum Gasteiger partial charge on any atom is 0.232 e. The van der Waals surface area contributed by atoms with Gasteiger partial charge in [-0.1, -0.05) is 29.8 Å². The Morgan fingerprint density at radius 1 is 1.17 bits per heavy atom. The molecule has 1 saturated heterocycles. The van der Waals surface area contributed by atoms with Crippen molar-refractivity contribution in [2.45, 2.75) is 25.4 Å². The zero-order valence-electron chi connectivity index (χ0n) is 20.1. The molecule has 1 fully saturated rings. The zero-order valence-corrected chi connectivity index (χ0v) is 21.7. The highest BCUT2D eigenvalue weighted by atomic mass is 35.5. The molecule has 2 heterocycles. The third kappa shape index (κ3) is 6.62. The van der Waals surface area contributed by atoms with Crippen LogP contribution in [0.5, 0.6) is 5.75 Å². The highest BCUT2D eigenvalue weighted by Crippen LogP contribution is 2.33. The van der Waals surface area contributed by atoms with Crippen molar-refractivity contribution in [1.82, 2.24) is 20.0 Å². The number of methoxy groups -OCH3 is 1. The lowest BCUT2D eigenvalue weighted by Crippen LogP contribution is -2.41. The SMILES string of the molecule is CNC1CCN(c2ccc(Nc3ncc(Cl)c(Nc4ccccc4CNS(=O)O)n3)c(OC)c2)CC1. The van der Waals surface area contributed by atoms with E-state index in [4.69, 9.17) is 20.9 Å². The Hall–Kier alpha value is -2.96. The van der Waals surface area contributed by atoms with Crippen LogP contribution in [0.2, 0.25) is 5.02 Å². The molecule has 3 aromatic rings. The molecule has 1 aliphatic rings. The van der Waals surface area contributed by atoms with Crippen LogP contribution >= 0.6 is 11.6 Å². The summed E-state index contributed by atoms with van der Waals surface area (Å²) in [5, 5.41) is 10.1. The summed E-state index contributed by atoms with van der Waals surface area (Å²) in [6.07, 6.45) is 3.71. The zero-order chi connectivity index (χ0) is 25.5. The van der Waals surface area contributed by atoms with Crippen molar-refractivity contribution in [1.29, 1.82) is 0 Å². The first-order chi connectivity index (χ1) is 17.5. The Morgan fingerprint density at radius 3 is 2.67 bits per heavy atom. The minimum absolute atomic E-state index is 0.191. The van der Waals surface area contributed by atoms with E-state index in [0.717, 1.165) is 42.9 Å². The van der Waals surface area contributed by atoms with Gasteiger partial charge in [-0.2, -0.15) is 4.98 Å². The van der Waals surface area contributed by atoms with Crippen LogP contribution in [0.4, 0.5) is 28.8 Å². The second-order valence-corrected chi connectivity index (χ2v) is 9.50. The molecule has 1 unspecified atom stereocenters. The van der Waals surface area contributed by atoms with Gasteiger partial charge in [0.25, 0.3) is 0 Å². The lowest BCUT2D eigenvalue weighted by Gasteiger charge is -2.33. The summed E-state index contributed by atoms with van der Waals surface area (Å²) in [6, 6.07) is 14.0. The number of nitrogens with zero attached hydrogens (tertiary/aromatic N) is 3. The summed E-state index contributed by atoms with van der Waals surface area (Å²) in [5.41, 5.74) is 3.32. The largest absolute Gasteiger partial charge is 0.494 e. The molecule has 4 rings (SSSR count). The molecule has 5 N–H and O–H groups in total. The van der Waals surface area contributed by atoms with E-state index in [1.165, 1.54) is 6.20 Å². The van der Waals surface area contributed by atoms with Crippen molar-refractivity contribution >= 4 is 51.7 Å². The number of rotatable bonds is 10. The average Bonchev–Trinajstić information content (AvgIpc) is 2.90. The molecule has 12 heteroatoms. The standard InChI is InChI=1S/C24H30ClN7O3S/c1-26-17-9-11-32(12-10-17)18-7-8-21(22(13-18)35-2)30-24-27-15-19(25)23(31-24)29-20-6-4-3-5-16(20)14-28-36(33)34/h3-8,13,15,17,26,28H,9-12,14H2,1-2H3,(H,33,34)(H2,27,29,30,31). The number of anilines is 5. The van der Waals surface area contributed by atoms with Crippen molar-refractivity contribution < 1.29 is 13.5 Å². The maximum absolute atomic E-state index is 11.0. The van der Waals surface area contributed by atoms with Crippen LogP contribution in [-0.4, -0.2) is 52.0 Å². The van der Waals surface area contributed by atoms with Crippen LogP contribution < -0.4 is 30.3 Å². The number of piperidine rings is 1. The van der Waals surface area contributed by atoms with E-state index >= 15 is 0 Å². The summed E-state index contributed by atoms with van der Waals surface area (Å²) in [6.45, 7) is 2.17. The summed E-state index contributed by atoms with van der Waals surface area (Å²) >= 11 is 4.24. The first-order valence-corrected chi connectivity index (χ1v) is 13.0. The normalized spacial score (nSPS) is 14.9. The molecule has 1 aliphatic heterocycles. The molecule has 0 bridgehead atoms. The summed E-state index contributed by atoms with van der Waals surface area (Å²) in [7, 11) is 3.65. The summed E-state index contributed by atoms with van der Waals surface area (Å²) in [5.74, 6) is 1.43. The van der Waals surface area contributed by atoms with Gasteiger partial charge in [0.05, 0.1) is 19.0 Å². The van der Waals surface area contributed by atoms with Crippen molar-refractivity contribution in [2.75, 3.05) is 42.8 Å². The van der Waals surface area contributed by atoms with Gasteiger partial charge < -0.3 is 25.6 Å². The number of ether oxygens (including phenoxy) is 1. The van der Waals surface area contributed by atoms with Crippen LogP contribution in [0.3, 0.4) is 0 Å². The van der Waals surface area contributed by atoms with E-state index in [-0.39, 0.29) is 6.54 Å². The van der Waals surface area contributed by atoms with Gasteiger partial charge in [0.1, 0.15) is 10.8 Å². The molecule has 0 aliphatic carbocycles. The van der Waals surface area contributed by atoms with Gasteiger partial charge >= 0.3 is 0 Å². The second-order valence-electron chi connectivity index (χ2n) is 8.30. The van der Waals surface area contributed by atoms with Gasteiger partial charge in [0.2, 0.25) is 17.2 Å². The van der Waals surface area contributed by atoms with E-state index in [2.05, 4.69) is 41.6 Å². The van der Waals surface area contributed by atoms with Crippen molar-refractivity contribution in [3.05, 3.63) is 59.2 Å². The fourth-order valence-corrected chi connectivity index (χ4v) is 4.52. The lowest BCUT2D eigenvalue weighted by atomic mass is 10.0. The Kier molecular flexibility index (Phi) is 8.94. The molecule has 1 aromatic heterocycles. The van der Waals surface area contributed by atoms with Crippen LogP contribution in [0, 0.1) is 0 Å². The number of aromatic nitrogens is 2. The summed E-state index contributed by atoms with van der Waals surface area (Å²) < 4.78 is 28.2. The molecule has 2 aromatic carbocycles. The molecule has 10 nitrogen and oxygen atoms in total. The van der Waals surface area contributed by atoms with Crippen molar-refractivity contribution in [2.24, 2.45) is 0 Å². The van der Waals surface area contributed by atoms with E-state index in [1.54, 1.807) is 7.11 Å². The van der Waals surface area contributed by atoms with Crippen molar-refractivity contribution in [3.63, 3.8) is 0 Å². The number of hydrogen-bond acceptors (Lipinski definition) is 8. The van der Waals surface area contributed by atoms with Gasteiger partial charge in [-0.05, 0) is 43.7 Å². The van der Waals surface area contributed by atoms with E-state index in [0.29, 0.717) is 34.3 Å². The van der Waals surface area contributed by atoms with Gasteiger partial charge in [0.15, 0.2) is 5.82 Å². The fourth-order valence-electron chi connectivity index (χ4n) is 4.11. The molecular formula is C24H30ClN7O3S. The number of benzene rings is 2. The molecule has 1 atom stereocenters. The molecule has 192 valence electrons. The van der Waals surface area contributed by atoms with Gasteiger partial charge in [-0.15, -0.1) is 0 Å². The number of para-hydroxylation sites is 1. The molecule has 0 saturated carbocycles. The highest BCUT2D eigenvalue weighted by molar-refractivity contribution is 7.77. The number of nitrogens with one attached hydrogen (secondary N) is 4. The molecule has 0 radical (unpaired) electrons. The van der Waals surface area contributed by atoms with Crippen LogP contribution in [-0.2, 0) is 17.8 Å². The first kappa shape index (κ1) is 26.1. The Bertz CT molecular complexity index is 1210. The predicted molar refractivity (Wildman–Crippen MR) is 145 cm³/mol. The second kappa shape index (κ2) is 12.3. The minimum atomic E-state index is -2.12. The molecule has 36 heavy (non-hydrogen) atoms. The smallest absolute Gasteiger partial charge is 0.232 e. The third-order valence-electron chi connectivity index (χ3n) is 6.10. The molecule has 0 spiro atoms. The Balaban J connectivity index is 1.50. The van der Waals surface area contributed by atoms with Gasteiger partial charge in [0, 0.05) is 43.1 Å². The average molecular weight is 532 g/mol. The summed E-state index contributed by atoms with van der Waals surface area (Å²) in [4.78, 5) is 11.2. The predicted octanol–water partition coefficient (Wildman–Crippen LogP) is 4.04. The van der Waals surface area contributed by atoms with Gasteiger partial charge in [-0.25, -0.2) is 13.9 Å². The topological polar surface area (TPSA) is 124 Å². The van der Waals surface area contributed by atoms with Crippen LogP contribution in [0.15, 0.2) is 48.7 Å². The van der Waals surface area contributed by atoms with Gasteiger partial charge in [-0.3, -0.25) is 4.55 Å². The fraction of sp³-hybridized carbons (Fsp3) is 0.333. The van der Waals surface area contributed by atoms with Crippen LogP contribution in [0.25, 0.3) is 0 Å². The Labute approximate surface area is 218 Å². The minimum Gasteiger partial charge on any atom is -0.494 e. The quantitative estimate of drug-likeness (QED) is 0.246. The van der Waals surface area contributed by atoms with E-state index in [1.807, 2.05) is 43.4 Å². The monoisotopic (exact) mass is 531 g/mol. The molecule has 0 amide bonds.